The van der Waals surface area contributed by atoms with Crippen molar-refractivity contribution >= 4 is 0 Å². The first-order valence-electron chi connectivity index (χ1n) is 7.68. The van der Waals surface area contributed by atoms with E-state index in [-0.39, 0.29) is 11.8 Å². The van der Waals surface area contributed by atoms with Crippen LogP contribution < -0.4 is 0 Å². The molecule has 1 unspecified atom stereocenters. The van der Waals surface area contributed by atoms with E-state index in [0.29, 0.717) is 23.6 Å². The van der Waals surface area contributed by atoms with E-state index in [2.05, 4.69) is 0 Å². The van der Waals surface area contributed by atoms with Crippen molar-refractivity contribution in [2.45, 2.75) is 58.0 Å². The van der Waals surface area contributed by atoms with Crippen LogP contribution in [0.15, 0.2) is 24.3 Å². The molecule has 0 fully saturated rings. The van der Waals surface area contributed by atoms with Gasteiger partial charge in [-0.05, 0) is 29.7 Å². The van der Waals surface area contributed by atoms with Gasteiger partial charge in [0.25, 0.3) is 5.60 Å². The summed E-state index contributed by atoms with van der Waals surface area (Å²) >= 11 is 0. The second-order valence-electron chi connectivity index (χ2n) is 6.81. The molecule has 1 aromatic carbocycles. The maximum absolute atomic E-state index is 12.9. The van der Waals surface area contributed by atoms with Crippen LogP contribution in [0, 0.1) is 11.8 Å². The van der Waals surface area contributed by atoms with Crippen LogP contribution in [0.25, 0.3) is 0 Å². The Morgan fingerprint density at radius 2 is 1.25 bits per heavy atom. The standard InChI is InChI=1S/C17H22F6O/c1-10(2)9-14(11(3)4)12-5-7-13(8-6-12)15(24,16(18,19)20)17(21,22)23/h5-8,10-11,14,24H,9H2,1-4H3. The minimum absolute atomic E-state index is 0.0175. The van der Waals surface area contributed by atoms with Gasteiger partial charge in [0.2, 0.25) is 0 Å². The molecule has 138 valence electrons. The van der Waals surface area contributed by atoms with Crippen molar-refractivity contribution in [3.05, 3.63) is 35.4 Å². The van der Waals surface area contributed by atoms with Crippen molar-refractivity contribution < 1.29 is 31.4 Å². The van der Waals surface area contributed by atoms with E-state index in [4.69, 9.17) is 0 Å². The third kappa shape index (κ3) is 4.05. The number of rotatable bonds is 5. The molecular formula is C17H22F6O. The van der Waals surface area contributed by atoms with E-state index in [1.54, 1.807) is 0 Å². The second kappa shape index (κ2) is 6.94. The van der Waals surface area contributed by atoms with Crippen molar-refractivity contribution in [1.82, 2.24) is 0 Å². The molecule has 1 N–H and O–H groups in total. The Kier molecular flexibility index (Phi) is 6.02. The van der Waals surface area contributed by atoms with Crippen LogP contribution in [0.3, 0.4) is 0 Å². The van der Waals surface area contributed by atoms with Gasteiger partial charge in [0.05, 0.1) is 0 Å². The van der Waals surface area contributed by atoms with Crippen LogP contribution >= 0.6 is 0 Å². The fourth-order valence-electron chi connectivity index (χ4n) is 2.76. The van der Waals surface area contributed by atoms with Crippen molar-refractivity contribution in [3.63, 3.8) is 0 Å². The summed E-state index contributed by atoms with van der Waals surface area (Å²) in [4.78, 5) is 0. The number of benzene rings is 1. The third-order valence-electron chi connectivity index (χ3n) is 4.11. The summed E-state index contributed by atoms with van der Waals surface area (Å²) in [5, 5.41) is 9.39. The van der Waals surface area contributed by atoms with Gasteiger partial charge in [-0.1, -0.05) is 52.0 Å². The zero-order valence-electron chi connectivity index (χ0n) is 14.0. The monoisotopic (exact) mass is 356 g/mol. The maximum Gasteiger partial charge on any atom is 0.430 e. The molecule has 1 rings (SSSR count). The number of aliphatic hydroxyl groups is 1. The number of hydrogen-bond donors (Lipinski definition) is 1. The molecule has 0 amide bonds. The van der Waals surface area contributed by atoms with E-state index in [9.17, 15) is 31.4 Å². The van der Waals surface area contributed by atoms with E-state index < -0.39 is 23.5 Å². The van der Waals surface area contributed by atoms with Crippen molar-refractivity contribution in [1.29, 1.82) is 0 Å². The van der Waals surface area contributed by atoms with Crippen LogP contribution in [0.1, 0.15) is 51.2 Å². The molecule has 0 saturated carbocycles. The SMILES string of the molecule is CC(C)CC(c1ccc(C(O)(C(F)(F)F)C(F)(F)F)cc1)C(C)C. The highest BCUT2D eigenvalue weighted by Crippen LogP contribution is 2.50. The Labute approximate surface area is 137 Å². The maximum atomic E-state index is 12.9. The smallest absolute Gasteiger partial charge is 0.369 e. The first-order chi connectivity index (χ1) is 10.7. The average Bonchev–Trinajstić information content (AvgIpc) is 2.41. The van der Waals surface area contributed by atoms with Gasteiger partial charge in [-0.2, -0.15) is 26.3 Å². The summed E-state index contributed by atoms with van der Waals surface area (Å²) < 4.78 is 77.3. The molecule has 0 radical (unpaired) electrons. The summed E-state index contributed by atoms with van der Waals surface area (Å²) in [7, 11) is 0. The largest absolute Gasteiger partial charge is 0.430 e. The van der Waals surface area contributed by atoms with Gasteiger partial charge in [0.1, 0.15) is 0 Å². The molecule has 0 aliphatic carbocycles. The predicted molar refractivity (Wildman–Crippen MR) is 79.5 cm³/mol. The predicted octanol–water partition coefficient (Wildman–Crippen LogP) is 5.78. The first-order valence-corrected chi connectivity index (χ1v) is 7.68. The molecular weight excluding hydrogens is 334 g/mol. The van der Waals surface area contributed by atoms with Crippen molar-refractivity contribution in [2.24, 2.45) is 11.8 Å². The quantitative estimate of drug-likeness (QED) is 0.663. The van der Waals surface area contributed by atoms with E-state index in [0.717, 1.165) is 6.42 Å². The lowest BCUT2D eigenvalue weighted by atomic mass is 9.81. The van der Waals surface area contributed by atoms with E-state index >= 15 is 0 Å². The molecule has 0 bridgehead atoms. The molecule has 0 saturated heterocycles. The fourth-order valence-corrected chi connectivity index (χ4v) is 2.76. The first kappa shape index (κ1) is 20.8. The second-order valence-corrected chi connectivity index (χ2v) is 6.81. The van der Waals surface area contributed by atoms with Crippen LogP contribution in [0.2, 0.25) is 0 Å². The minimum atomic E-state index is -5.86. The van der Waals surface area contributed by atoms with Crippen LogP contribution in [0.5, 0.6) is 0 Å². The molecule has 1 atom stereocenters. The molecule has 0 spiro atoms. The highest BCUT2D eigenvalue weighted by Gasteiger charge is 2.71. The van der Waals surface area contributed by atoms with Crippen LogP contribution in [-0.4, -0.2) is 17.5 Å². The minimum Gasteiger partial charge on any atom is -0.369 e. The van der Waals surface area contributed by atoms with E-state index in [1.165, 1.54) is 12.1 Å². The zero-order valence-corrected chi connectivity index (χ0v) is 14.0. The Hall–Kier alpha value is -1.24. The Balaban J connectivity index is 3.30. The Morgan fingerprint density at radius 1 is 0.833 bits per heavy atom. The average molecular weight is 356 g/mol. The van der Waals surface area contributed by atoms with E-state index in [1.807, 2.05) is 27.7 Å². The topological polar surface area (TPSA) is 20.2 Å². The van der Waals surface area contributed by atoms with Gasteiger partial charge >= 0.3 is 12.4 Å². The molecule has 7 heteroatoms. The molecule has 24 heavy (non-hydrogen) atoms. The summed E-state index contributed by atoms with van der Waals surface area (Å²) in [6.07, 6.45) is -11.0. The Morgan fingerprint density at radius 3 is 1.54 bits per heavy atom. The number of alkyl halides is 6. The van der Waals surface area contributed by atoms with Gasteiger partial charge in [0.15, 0.2) is 0 Å². The highest BCUT2D eigenvalue weighted by molar-refractivity contribution is 5.32. The fraction of sp³-hybridized carbons (Fsp3) is 0.647. The highest BCUT2D eigenvalue weighted by atomic mass is 19.4. The summed E-state index contributed by atoms with van der Waals surface area (Å²) in [5.74, 6) is 0.533. The van der Waals surface area contributed by atoms with Gasteiger partial charge in [-0.25, -0.2) is 0 Å². The molecule has 0 aromatic heterocycles. The zero-order chi connectivity index (χ0) is 18.9. The summed E-state index contributed by atoms with van der Waals surface area (Å²) in [5.41, 5.74) is -5.43. The van der Waals surface area contributed by atoms with Gasteiger partial charge in [-0.3, -0.25) is 0 Å². The lowest BCUT2D eigenvalue weighted by Gasteiger charge is -2.33. The normalized spacial score (nSPS) is 15.2. The third-order valence-corrected chi connectivity index (χ3v) is 4.11. The van der Waals surface area contributed by atoms with Crippen LogP contribution in [0.4, 0.5) is 26.3 Å². The molecule has 0 aliphatic heterocycles. The molecule has 0 heterocycles. The molecule has 0 aliphatic rings. The molecule has 1 nitrogen and oxygen atoms in total. The van der Waals surface area contributed by atoms with Gasteiger partial charge < -0.3 is 5.11 Å². The lowest BCUT2D eigenvalue weighted by molar-refractivity contribution is -0.376. The molecule has 1 aromatic rings. The Bertz CT molecular complexity index is 513. The number of hydrogen-bond acceptors (Lipinski definition) is 1. The lowest BCUT2D eigenvalue weighted by Crippen LogP contribution is -2.53. The van der Waals surface area contributed by atoms with Crippen LogP contribution in [-0.2, 0) is 5.60 Å². The number of halogens is 6. The van der Waals surface area contributed by atoms with Crippen molar-refractivity contribution in [3.8, 4) is 0 Å². The summed E-state index contributed by atoms with van der Waals surface area (Å²) in [6.45, 7) is 7.89. The van der Waals surface area contributed by atoms with Crippen molar-refractivity contribution in [2.75, 3.05) is 0 Å². The van der Waals surface area contributed by atoms with Gasteiger partial charge in [-0.15, -0.1) is 0 Å². The summed E-state index contributed by atoms with van der Waals surface area (Å²) in [6, 6.07) is 3.91. The van der Waals surface area contributed by atoms with Gasteiger partial charge in [0, 0.05) is 5.56 Å².